The smallest absolute Gasteiger partial charge is 0.150 e. The van der Waals surface area contributed by atoms with Crippen LogP contribution in [0.25, 0.3) is 11.0 Å². The van der Waals surface area contributed by atoms with E-state index in [9.17, 15) is 4.39 Å². The topological polar surface area (TPSA) is 17.8 Å². The number of aromatic nitrogens is 2. The van der Waals surface area contributed by atoms with Gasteiger partial charge in [0.05, 0.1) is 11.8 Å². The van der Waals surface area contributed by atoms with Gasteiger partial charge in [0.25, 0.3) is 0 Å². The Hall–Kier alpha value is -0.900. The molecule has 1 fully saturated rings. The Morgan fingerprint density at radius 2 is 2.00 bits per heavy atom. The highest BCUT2D eigenvalue weighted by molar-refractivity contribution is 9.10. The van der Waals surface area contributed by atoms with Crippen LogP contribution >= 0.6 is 15.9 Å². The highest BCUT2D eigenvalue weighted by Gasteiger charge is 2.19. The van der Waals surface area contributed by atoms with Gasteiger partial charge in [0.15, 0.2) is 0 Å². The molecule has 0 radical (unpaired) electrons. The zero-order valence-corrected chi connectivity index (χ0v) is 11.1. The molecule has 0 aliphatic heterocycles. The fourth-order valence-electron chi connectivity index (χ4n) is 2.72. The maximum atomic E-state index is 14.0. The van der Waals surface area contributed by atoms with Gasteiger partial charge in [-0.2, -0.15) is 0 Å². The van der Waals surface area contributed by atoms with Crippen LogP contribution in [0.4, 0.5) is 4.39 Å². The molecule has 4 heteroatoms. The first-order valence-corrected chi connectivity index (χ1v) is 6.86. The van der Waals surface area contributed by atoms with Gasteiger partial charge in [-0.15, -0.1) is 0 Å². The van der Waals surface area contributed by atoms with Gasteiger partial charge < -0.3 is 4.57 Å². The van der Waals surface area contributed by atoms with Crippen molar-refractivity contribution in [2.45, 2.75) is 38.1 Å². The van der Waals surface area contributed by atoms with Crippen molar-refractivity contribution in [1.29, 1.82) is 0 Å². The summed E-state index contributed by atoms with van der Waals surface area (Å²) in [6.07, 6.45) is 7.85. The SMILES string of the molecule is Fc1cc(Br)cc2ncn(C3CCCCC3)c12. The van der Waals surface area contributed by atoms with E-state index in [1.165, 1.54) is 25.3 Å². The number of fused-ring (bicyclic) bond motifs is 1. The second-order valence-corrected chi connectivity index (χ2v) is 5.61. The van der Waals surface area contributed by atoms with Crippen LogP contribution in [0, 0.1) is 5.82 Å². The number of nitrogens with zero attached hydrogens (tertiary/aromatic N) is 2. The molecule has 17 heavy (non-hydrogen) atoms. The summed E-state index contributed by atoms with van der Waals surface area (Å²) in [7, 11) is 0. The zero-order valence-electron chi connectivity index (χ0n) is 9.50. The molecule has 0 unspecified atom stereocenters. The first-order valence-electron chi connectivity index (χ1n) is 6.07. The molecule has 0 N–H and O–H groups in total. The standard InChI is InChI=1S/C13H14BrFN2/c14-9-6-11(15)13-12(7-9)16-8-17(13)10-4-2-1-3-5-10/h6-8,10H,1-5H2. The van der Waals surface area contributed by atoms with Gasteiger partial charge in [0.1, 0.15) is 11.3 Å². The van der Waals surface area contributed by atoms with E-state index < -0.39 is 0 Å². The summed E-state index contributed by atoms with van der Waals surface area (Å²) < 4.78 is 16.8. The van der Waals surface area contributed by atoms with Crippen LogP contribution in [-0.4, -0.2) is 9.55 Å². The Labute approximate surface area is 108 Å². The van der Waals surface area contributed by atoms with Crippen LogP contribution in [0.3, 0.4) is 0 Å². The van der Waals surface area contributed by atoms with Crippen LogP contribution in [-0.2, 0) is 0 Å². The van der Waals surface area contributed by atoms with Crippen molar-refractivity contribution < 1.29 is 4.39 Å². The largest absolute Gasteiger partial charge is 0.325 e. The van der Waals surface area contributed by atoms with Gasteiger partial charge in [-0.25, -0.2) is 9.37 Å². The van der Waals surface area contributed by atoms with Crippen molar-refractivity contribution in [3.63, 3.8) is 0 Å². The number of benzene rings is 1. The second kappa shape index (κ2) is 4.41. The van der Waals surface area contributed by atoms with E-state index in [0.717, 1.165) is 22.8 Å². The Morgan fingerprint density at radius 1 is 1.24 bits per heavy atom. The van der Waals surface area contributed by atoms with Crippen LogP contribution in [0.5, 0.6) is 0 Å². The number of hydrogen-bond acceptors (Lipinski definition) is 1. The Balaban J connectivity index is 2.10. The molecule has 0 spiro atoms. The first kappa shape index (κ1) is 11.2. The van der Waals surface area contributed by atoms with Crippen LogP contribution in [0.1, 0.15) is 38.1 Å². The van der Waals surface area contributed by atoms with Crippen molar-refractivity contribution in [3.8, 4) is 0 Å². The van der Waals surface area contributed by atoms with E-state index in [0.29, 0.717) is 11.6 Å². The lowest BCUT2D eigenvalue weighted by atomic mass is 9.95. The quantitative estimate of drug-likeness (QED) is 0.760. The number of rotatable bonds is 1. The molecule has 2 aromatic rings. The lowest BCUT2D eigenvalue weighted by molar-refractivity contribution is 0.357. The lowest BCUT2D eigenvalue weighted by Crippen LogP contribution is -2.12. The molecule has 1 heterocycles. The highest BCUT2D eigenvalue weighted by atomic mass is 79.9. The summed E-state index contributed by atoms with van der Waals surface area (Å²) in [5, 5.41) is 0. The van der Waals surface area contributed by atoms with E-state index in [1.807, 2.05) is 10.6 Å². The Bertz CT molecular complexity index is 544. The van der Waals surface area contributed by atoms with E-state index >= 15 is 0 Å². The van der Waals surface area contributed by atoms with E-state index in [1.54, 1.807) is 6.33 Å². The molecule has 1 saturated carbocycles. The molecule has 0 atom stereocenters. The van der Waals surface area contributed by atoms with Crippen molar-refractivity contribution in [2.75, 3.05) is 0 Å². The third-order valence-corrected chi connectivity index (χ3v) is 4.01. The van der Waals surface area contributed by atoms with Crippen molar-refractivity contribution in [1.82, 2.24) is 9.55 Å². The average Bonchev–Trinajstić information content (AvgIpc) is 2.74. The van der Waals surface area contributed by atoms with Crippen molar-refractivity contribution in [2.24, 2.45) is 0 Å². The highest BCUT2D eigenvalue weighted by Crippen LogP contribution is 2.32. The third-order valence-electron chi connectivity index (χ3n) is 3.56. The molecule has 90 valence electrons. The molecular weight excluding hydrogens is 283 g/mol. The summed E-state index contributed by atoms with van der Waals surface area (Å²) in [5.74, 6) is -0.183. The predicted octanol–water partition coefficient (Wildman–Crippen LogP) is 4.44. The molecule has 1 aliphatic rings. The molecule has 1 aromatic carbocycles. The number of halogens is 2. The summed E-state index contributed by atoms with van der Waals surface area (Å²) in [6.45, 7) is 0. The second-order valence-electron chi connectivity index (χ2n) is 4.70. The van der Waals surface area contributed by atoms with Crippen LogP contribution < -0.4 is 0 Å². The van der Waals surface area contributed by atoms with Gasteiger partial charge in [-0.05, 0) is 25.0 Å². The molecular formula is C13H14BrFN2. The maximum Gasteiger partial charge on any atom is 0.150 e. The molecule has 0 amide bonds. The van der Waals surface area contributed by atoms with Crippen LogP contribution in [0.15, 0.2) is 22.9 Å². The molecule has 2 nitrogen and oxygen atoms in total. The van der Waals surface area contributed by atoms with Crippen molar-refractivity contribution >= 4 is 27.0 Å². The lowest BCUT2D eigenvalue weighted by Gasteiger charge is -2.23. The number of imidazole rings is 1. The molecule has 1 aromatic heterocycles. The average molecular weight is 297 g/mol. The minimum absolute atomic E-state index is 0.183. The van der Waals surface area contributed by atoms with Gasteiger partial charge in [0, 0.05) is 10.5 Å². The molecule has 3 rings (SSSR count). The fourth-order valence-corrected chi connectivity index (χ4v) is 3.14. The van der Waals surface area contributed by atoms with Crippen molar-refractivity contribution in [3.05, 3.63) is 28.7 Å². The zero-order chi connectivity index (χ0) is 11.8. The summed E-state index contributed by atoms with van der Waals surface area (Å²) in [5.41, 5.74) is 1.39. The minimum Gasteiger partial charge on any atom is -0.325 e. The minimum atomic E-state index is -0.183. The monoisotopic (exact) mass is 296 g/mol. The Morgan fingerprint density at radius 3 is 2.76 bits per heavy atom. The molecule has 0 saturated heterocycles. The summed E-state index contributed by atoms with van der Waals surface area (Å²) in [6, 6.07) is 3.81. The van der Waals surface area contributed by atoms with E-state index in [4.69, 9.17) is 0 Å². The maximum absolute atomic E-state index is 14.0. The third kappa shape index (κ3) is 1.99. The summed E-state index contributed by atoms with van der Waals surface area (Å²) >= 11 is 3.30. The van der Waals surface area contributed by atoms with Crippen LogP contribution in [0.2, 0.25) is 0 Å². The fraction of sp³-hybridized carbons (Fsp3) is 0.462. The van der Waals surface area contributed by atoms with Gasteiger partial charge in [0.2, 0.25) is 0 Å². The van der Waals surface area contributed by atoms with E-state index in [2.05, 4.69) is 20.9 Å². The van der Waals surface area contributed by atoms with Gasteiger partial charge >= 0.3 is 0 Å². The van der Waals surface area contributed by atoms with E-state index in [-0.39, 0.29) is 5.82 Å². The molecule has 0 bridgehead atoms. The van der Waals surface area contributed by atoms with Gasteiger partial charge in [-0.1, -0.05) is 35.2 Å². The molecule has 1 aliphatic carbocycles. The first-order chi connectivity index (χ1) is 8.25. The van der Waals surface area contributed by atoms with Gasteiger partial charge in [-0.3, -0.25) is 0 Å². The Kier molecular flexibility index (Phi) is 2.90. The predicted molar refractivity (Wildman–Crippen MR) is 69.5 cm³/mol. The number of hydrogen-bond donors (Lipinski definition) is 0. The summed E-state index contributed by atoms with van der Waals surface area (Å²) in [4.78, 5) is 4.31. The normalized spacial score (nSPS) is 17.8.